The molecule has 3 rings (SSSR count). The second-order valence-electron chi connectivity index (χ2n) is 4.71. The fourth-order valence-corrected chi connectivity index (χ4v) is 2.77. The second kappa shape index (κ2) is 3.98. The van der Waals surface area contributed by atoms with Gasteiger partial charge in [-0.25, -0.2) is 9.78 Å². The van der Waals surface area contributed by atoms with E-state index in [0.29, 0.717) is 17.6 Å². The van der Waals surface area contributed by atoms with Crippen molar-refractivity contribution in [1.29, 1.82) is 0 Å². The maximum atomic E-state index is 12.6. The molecule has 2 fully saturated rings. The Kier molecular flexibility index (Phi) is 2.46. The monoisotopic (exact) mass is 235 g/mol. The molecule has 1 aliphatic heterocycles. The lowest BCUT2D eigenvalue weighted by Gasteiger charge is -2.44. The number of fused-ring (bicyclic) bond motifs is 1. The van der Waals surface area contributed by atoms with Gasteiger partial charge in [0.1, 0.15) is 0 Å². The molecule has 2 unspecified atom stereocenters. The lowest BCUT2D eigenvalue weighted by Crippen LogP contribution is -2.57. The summed E-state index contributed by atoms with van der Waals surface area (Å²) in [6.45, 7) is 0.852. The summed E-state index contributed by atoms with van der Waals surface area (Å²) in [6, 6.07) is 3.08. The van der Waals surface area contributed by atoms with Crippen molar-refractivity contribution in [3.63, 3.8) is 0 Å². The topological polar surface area (TPSA) is 45.2 Å². The van der Waals surface area contributed by atoms with Gasteiger partial charge in [0, 0.05) is 12.6 Å². The van der Waals surface area contributed by atoms with E-state index in [0.717, 1.165) is 13.0 Å². The van der Waals surface area contributed by atoms with Gasteiger partial charge in [-0.15, -0.1) is 0 Å². The van der Waals surface area contributed by atoms with Gasteiger partial charge in [-0.2, -0.15) is 4.39 Å². The molecule has 2 atom stereocenters. The molecule has 0 radical (unpaired) electrons. The van der Waals surface area contributed by atoms with E-state index in [1.165, 1.54) is 31.2 Å². The number of carbonyl (C=O) groups excluding carboxylic acids is 1. The van der Waals surface area contributed by atoms with E-state index in [1.807, 2.05) is 4.90 Å². The SMILES string of the molecule is O=C(Nc1ccc(F)nc1)N1CC2CCCC21. The third kappa shape index (κ3) is 1.85. The number of carbonyl (C=O) groups is 1. The zero-order valence-electron chi connectivity index (χ0n) is 9.40. The first-order chi connectivity index (χ1) is 8.24. The number of amides is 2. The zero-order chi connectivity index (χ0) is 11.8. The fraction of sp³-hybridized carbons (Fsp3) is 0.500. The Hall–Kier alpha value is -1.65. The van der Waals surface area contributed by atoms with E-state index in [2.05, 4.69) is 10.3 Å². The Morgan fingerprint density at radius 2 is 2.35 bits per heavy atom. The number of pyridine rings is 1. The lowest BCUT2D eigenvalue weighted by atomic mass is 9.92. The van der Waals surface area contributed by atoms with Gasteiger partial charge in [0.05, 0.1) is 11.9 Å². The molecule has 17 heavy (non-hydrogen) atoms. The molecule has 0 aromatic carbocycles. The summed E-state index contributed by atoms with van der Waals surface area (Å²) in [7, 11) is 0. The van der Waals surface area contributed by atoms with Crippen molar-refractivity contribution in [3.8, 4) is 0 Å². The highest BCUT2D eigenvalue weighted by Crippen LogP contribution is 2.38. The van der Waals surface area contributed by atoms with E-state index in [9.17, 15) is 9.18 Å². The van der Waals surface area contributed by atoms with Crippen LogP contribution < -0.4 is 5.32 Å². The van der Waals surface area contributed by atoms with Crippen LogP contribution in [0.3, 0.4) is 0 Å². The van der Waals surface area contributed by atoms with Crippen LogP contribution in [0.25, 0.3) is 0 Å². The smallest absolute Gasteiger partial charge is 0.321 e. The molecular formula is C12H14FN3O. The van der Waals surface area contributed by atoms with Gasteiger partial charge in [0.25, 0.3) is 0 Å². The Bertz CT molecular complexity index is 434. The Morgan fingerprint density at radius 3 is 3.06 bits per heavy atom. The van der Waals surface area contributed by atoms with Crippen LogP contribution >= 0.6 is 0 Å². The molecule has 2 amide bonds. The summed E-state index contributed by atoms with van der Waals surface area (Å²) < 4.78 is 12.6. The van der Waals surface area contributed by atoms with Crippen LogP contribution in [-0.4, -0.2) is 28.5 Å². The van der Waals surface area contributed by atoms with Crippen molar-refractivity contribution in [2.75, 3.05) is 11.9 Å². The van der Waals surface area contributed by atoms with Crippen molar-refractivity contribution in [2.24, 2.45) is 5.92 Å². The minimum atomic E-state index is -0.539. The molecule has 1 aromatic rings. The molecule has 0 bridgehead atoms. The first-order valence-electron chi connectivity index (χ1n) is 5.93. The van der Waals surface area contributed by atoms with Gasteiger partial charge in [0.2, 0.25) is 5.95 Å². The Labute approximate surface area is 98.8 Å². The highest BCUT2D eigenvalue weighted by Gasteiger charge is 2.44. The van der Waals surface area contributed by atoms with Crippen LogP contribution in [0.5, 0.6) is 0 Å². The first-order valence-corrected chi connectivity index (χ1v) is 5.93. The fourth-order valence-electron chi connectivity index (χ4n) is 2.77. The second-order valence-corrected chi connectivity index (χ2v) is 4.71. The van der Waals surface area contributed by atoms with Gasteiger partial charge >= 0.3 is 6.03 Å². The molecule has 90 valence electrons. The molecule has 5 heteroatoms. The summed E-state index contributed by atoms with van der Waals surface area (Å²) >= 11 is 0. The summed E-state index contributed by atoms with van der Waals surface area (Å²) in [4.78, 5) is 17.3. The van der Waals surface area contributed by atoms with Gasteiger partial charge in [-0.05, 0) is 30.9 Å². The van der Waals surface area contributed by atoms with Crippen LogP contribution in [0, 0.1) is 11.9 Å². The molecule has 4 nitrogen and oxygen atoms in total. The number of halogens is 1. The number of nitrogens with one attached hydrogen (secondary N) is 1. The predicted octanol–water partition coefficient (Wildman–Crippen LogP) is 2.24. The number of anilines is 1. The lowest BCUT2D eigenvalue weighted by molar-refractivity contribution is 0.0797. The highest BCUT2D eigenvalue weighted by molar-refractivity contribution is 5.90. The predicted molar refractivity (Wildman–Crippen MR) is 61.0 cm³/mol. The molecular weight excluding hydrogens is 221 g/mol. The van der Waals surface area contributed by atoms with Crippen molar-refractivity contribution in [2.45, 2.75) is 25.3 Å². The highest BCUT2D eigenvalue weighted by atomic mass is 19.1. The molecule has 2 aliphatic rings. The van der Waals surface area contributed by atoms with Crippen LogP contribution in [-0.2, 0) is 0 Å². The van der Waals surface area contributed by atoms with E-state index in [1.54, 1.807) is 0 Å². The molecule has 2 heterocycles. The van der Waals surface area contributed by atoms with Crippen LogP contribution in [0.2, 0.25) is 0 Å². The molecule has 1 N–H and O–H groups in total. The molecule has 1 saturated carbocycles. The largest absolute Gasteiger partial charge is 0.322 e. The maximum Gasteiger partial charge on any atom is 0.322 e. The van der Waals surface area contributed by atoms with E-state index in [4.69, 9.17) is 0 Å². The van der Waals surface area contributed by atoms with Crippen molar-refractivity contribution >= 4 is 11.7 Å². The maximum absolute atomic E-state index is 12.6. The Morgan fingerprint density at radius 1 is 1.47 bits per heavy atom. The van der Waals surface area contributed by atoms with Gasteiger partial charge in [0.15, 0.2) is 0 Å². The average molecular weight is 235 g/mol. The number of hydrogen-bond donors (Lipinski definition) is 1. The third-order valence-corrected chi connectivity index (χ3v) is 3.69. The van der Waals surface area contributed by atoms with Crippen LogP contribution in [0.15, 0.2) is 18.3 Å². The van der Waals surface area contributed by atoms with Crippen LogP contribution in [0.1, 0.15) is 19.3 Å². The molecule has 1 aliphatic carbocycles. The number of urea groups is 1. The molecule has 1 aromatic heterocycles. The van der Waals surface area contributed by atoms with Crippen molar-refractivity contribution < 1.29 is 9.18 Å². The number of hydrogen-bond acceptors (Lipinski definition) is 2. The zero-order valence-corrected chi connectivity index (χ0v) is 9.40. The number of aromatic nitrogens is 1. The quantitative estimate of drug-likeness (QED) is 0.759. The van der Waals surface area contributed by atoms with Gasteiger partial charge < -0.3 is 10.2 Å². The van der Waals surface area contributed by atoms with E-state index >= 15 is 0 Å². The van der Waals surface area contributed by atoms with E-state index < -0.39 is 5.95 Å². The van der Waals surface area contributed by atoms with Crippen molar-refractivity contribution in [1.82, 2.24) is 9.88 Å². The molecule has 0 spiro atoms. The standard InChI is InChI=1S/C12H14FN3O/c13-11-5-4-9(6-14-11)15-12(17)16-7-8-2-1-3-10(8)16/h4-6,8,10H,1-3,7H2,(H,15,17). The van der Waals surface area contributed by atoms with Gasteiger partial charge in [-0.3, -0.25) is 0 Å². The first kappa shape index (κ1) is 10.5. The summed E-state index contributed by atoms with van der Waals surface area (Å²) in [5, 5.41) is 2.74. The minimum Gasteiger partial charge on any atom is -0.321 e. The minimum absolute atomic E-state index is 0.0958. The molecule has 1 saturated heterocycles. The van der Waals surface area contributed by atoms with E-state index in [-0.39, 0.29) is 6.03 Å². The van der Waals surface area contributed by atoms with Crippen LogP contribution in [0.4, 0.5) is 14.9 Å². The number of nitrogens with zero attached hydrogens (tertiary/aromatic N) is 2. The van der Waals surface area contributed by atoms with Gasteiger partial charge in [-0.1, -0.05) is 6.42 Å². The number of likely N-dealkylation sites (tertiary alicyclic amines) is 1. The normalized spacial score (nSPS) is 26.3. The van der Waals surface area contributed by atoms with Crippen molar-refractivity contribution in [3.05, 3.63) is 24.3 Å². The average Bonchev–Trinajstić information content (AvgIpc) is 2.64. The third-order valence-electron chi connectivity index (χ3n) is 3.69. The summed E-state index contributed by atoms with van der Waals surface area (Å²) in [5.74, 6) is 0.162. The number of rotatable bonds is 1. The Balaban J connectivity index is 1.62. The summed E-state index contributed by atoms with van der Waals surface area (Å²) in [5.41, 5.74) is 0.540. The summed E-state index contributed by atoms with van der Waals surface area (Å²) in [6.07, 6.45) is 4.91.